The number of alkyl halides is 3. The second kappa shape index (κ2) is 6.36. The van der Waals surface area contributed by atoms with Crippen LogP contribution in [0.4, 0.5) is 18.9 Å². The molecule has 1 N–H and O–H groups in total. The van der Waals surface area contributed by atoms with Crippen molar-refractivity contribution >= 4 is 17.4 Å². The summed E-state index contributed by atoms with van der Waals surface area (Å²) in [5.74, 6) is 0.590. The summed E-state index contributed by atoms with van der Waals surface area (Å²) in [7, 11) is 0. The van der Waals surface area contributed by atoms with Gasteiger partial charge in [0, 0.05) is 16.6 Å². The number of nitrogens with one attached hydrogen (secondary N) is 1. The molecule has 1 rings (SSSR count). The van der Waals surface area contributed by atoms with E-state index in [0.717, 1.165) is 12.1 Å². The quantitative estimate of drug-likeness (QED) is 0.747. The summed E-state index contributed by atoms with van der Waals surface area (Å²) < 4.78 is 36.4. The molecule has 1 unspecified atom stereocenters. The third-order valence-electron chi connectivity index (χ3n) is 2.33. The van der Waals surface area contributed by atoms with Gasteiger partial charge >= 0.3 is 5.51 Å². The van der Waals surface area contributed by atoms with Crippen LogP contribution in [-0.2, 0) is 0 Å². The van der Waals surface area contributed by atoms with Gasteiger partial charge in [-0.25, -0.2) is 0 Å². The Bertz CT molecular complexity index is 359. The molecule has 0 aliphatic heterocycles. The van der Waals surface area contributed by atoms with Gasteiger partial charge in [0.25, 0.3) is 0 Å². The second-order valence-corrected chi connectivity index (χ2v) is 5.89. The fraction of sp³-hybridized carbons (Fsp3) is 0.538. The average Bonchev–Trinajstić information content (AvgIpc) is 2.17. The van der Waals surface area contributed by atoms with Crippen LogP contribution in [0.25, 0.3) is 0 Å². The molecule has 0 spiro atoms. The number of thioether (sulfide) groups is 1. The van der Waals surface area contributed by atoms with E-state index in [4.69, 9.17) is 0 Å². The van der Waals surface area contributed by atoms with Crippen LogP contribution in [0, 0.1) is 5.92 Å². The molecule has 1 aromatic carbocycles. The first kappa shape index (κ1) is 15.2. The van der Waals surface area contributed by atoms with E-state index < -0.39 is 5.51 Å². The van der Waals surface area contributed by atoms with Crippen molar-refractivity contribution in [2.45, 2.75) is 43.6 Å². The van der Waals surface area contributed by atoms with Gasteiger partial charge in [0.2, 0.25) is 0 Å². The molecular weight excluding hydrogens is 259 g/mol. The third kappa shape index (κ3) is 6.19. The first-order chi connectivity index (χ1) is 8.26. The number of anilines is 1. The molecular formula is C13H18F3NS. The van der Waals surface area contributed by atoms with Crippen LogP contribution in [0.5, 0.6) is 0 Å². The highest BCUT2D eigenvalue weighted by molar-refractivity contribution is 8.00. The Morgan fingerprint density at radius 3 is 2.11 bits per heavy atom. The topological polar surface area (TPSA) is 12.0 Å². The van der Waals surface area contributed by atoms with E-state index in [0.29, 0.717) is 12.0 Å². The van der Waals surface area contributed by atoms with E-state index in [1.54, 1.807) is 12.1 Å². The summed E-state index contributed by atoms with van der Waals surface area (Å²) in [4.78, 5) is 0.213. The van der Waals surface area contributed by atoms with E-state index in [9.17, 15) is 13.2 Å². The van der Waals surface area contributed by atoms with Crippen LogP contribution in [0.3, 0.4) is 0 Å². The molecule has 0 heterocycles. The Morgan fingerprint density at radius 1 is 1.11 bits per heavy atom. The molecule has 0 radical (unpaired) electrons. The fourth-order valence-electron chi connectivity index (χ4n) is 1.80. The van der Waals surface area contributed by atoms with Gasteiger partial charge in [-0.2, -0.15) is 13.2 Å². The monoisotopic (exact) mass is 277 g/mol. The predicted octanol–water partition coefficient (Wildman–Crippen LogP) is 5.15. The van der Waals surface area contributed by atoms with Crippen molar-refractivity contribution < 1.29 is 13.2 Å². The lowest BCUT2D eigenvalue weighted by Crippen LogP contribution is -2.17. The maximum atomic E-state index is 12.1. The zero-order valence-corrected chi connectivity index (χ0v) is 11.5. The molecule has 0 aliphatic rings. The van der Waals surface area contributed by atoms with Crippen molar-refractivity contribution in [2.75, 3.05) is 5.32 Å². The molecule has 102 valence electrons. The summed E-state index contributed by atoms with van der Waals surface area (Å²) in [6, 6.07) is 6.66. The van der Waals surface area contributed by atoms with Gasteiger partial charge < -0.3 is 5.32 Å². The third-order valence-corrected chi connectivity index (χ3v) is 3.07. The van der Waals surface area contributed by atoms with Crippen molar-refractivity contribution in [1.82, 2.24) is 0 Å². The molecule has 0 saturated carbocycles. The minimum atomic E-state index is -4.22. The molecule has 1 atom stereocenters. The van der Waals surface area contributed by atoms with Crippen LogP contribution < -0.4 is 5.32 Å². The minimum Gasteiger partial charge on any atom is -0.383 e. The summed E-state index contributed by atoms with van der Waals surface area (Å²) in [6.07, 6.45) is 1.03. The fourth-order valence-corrected chi connectivity index (χ4v) is 2.34. The maximum absolute atomic E-state index is 12.1. The molecule has 18 heavy (non-hydrogen) atoms. The average molecular weight is 277 g/mol. The Kier molecular flexibility index (Phi) is 5.38. The largest absolute Gasteiger partial charge is 0.446 e. The van der Waals surface area contributed by atoms with Crippen LogP contribution in [-0.4, -0.2) is 11.6 Å². The van der Waals surface area contributed by atoms with Crippen LogP contribution in [0.1, 0.15) is 27.2 Å². The lowest BCUT2D eigenvalue weighted by Gasteiger charge is -2.17. The molecule has 0 amide bonds. The second-order valence-electron chi connectivity index (χ2n) is 4.75. The smallest absolute Gasteiger partial charge is 0.383 e. The van der Waals surface area contributed by atoms with Gasteiger partial charge in [0.05, 0.1) is 0 Å². The van der Waals surface area contributed by atoms with E-state index in [-0.39, 0.29) is 16.7 Å². The maximum Gasteiger partial charge on any atom is 0.446 e. The standard InChI is InChI=1S/C13H18F3NS/c1-9(2)8-10(3)17-11-4-6-12(7-5-11)18-13(14,15)16/h4-7,9-10,17H,8H2,1-3H3. The van der Waals surface area contributed by atoms with Crippen molar-refractivity contribution in [2.24, 2.45) is 5.92 Å². The molecule has 1 aromatic rings. The highest BCUT2D eigenvalue weighted by atomic mass is 32.2. The van der Waals surface area contributed by atoms with Gasteiger partial charge in [0.1, 0.15) is 0 Å². The highest BCUT2D eigenvalue weighted by Gasteiger charge is 2.28. The van der Waals surface area contributed by atoms with Crippen molar-refractivity contribution in [3.8, 4) is 0 Å². The Morgan fingerprint density at radius 2 is 1.67 bits per heavy atom. The van der Waals surface area contributed by atoms with Gasteiger partial charge in [-0.3, -0.25) is 0 Å². The summed E-state index contributed by atoms with van der Waals surface area (Å²) in [6.45, 7) is 6.35. The lowest BCUT2D eigenvalue weighted by atomic mass is 10.1. The van der Waals surface area contributed by atoms with E-state index in [1.807, 2.05) is 0 Å². The number of halogens is 3. The molecule has 0 bridgehead atoms. The van der Waals surface area contributed by atoms with Gasteiger partial charge in [-0.15, -0.1) is 0 Å². The van der Waals surface area contributed by atoms with Crippen molar-refractivity contribution in [3.05, 3.63) is 24.3 Å². The summed E-state index contributed by atoms with van der Waals surface area (Å²) in [5, 5.41) is 3.27. The first-order valence-corrected chi connectivity index (χ1v) is 6.70. The zero-order valence-electron chi connectivity index (χ0n) is 10.7. The SMILES string of the molecule is CC(C)CC(C)Nc1ccc(SC(F)(F)F)cc1. The Hall–Kier alpha value is -0.840. The number of benzene rings is 1. The number of rotatable bonds is 5. The van der Waals surface area contributed by atoms with E-state index >= 15 is 0 Å². The van der Waals surface area contributed by atoms with Crippen LogP contribution in [0.15, 0.2) is 29.2 Å². The molecule has 1 nitrogen and oxygen atoms in total. The van der Waals surface area contributed by atoms with Gasteiger partial charge in [0.15, 0.2) is 0 Å². The normalized spacial score (nSPS) is 13.7. The molecule has 0 aliphatic carbocycles. The predicted molar refractivity (Wildman–Crippen MR) is 70.9 cm³/mol. The lowest BCUT2D eigenvalue weighted by molar-refractivity contribution is -0.0328. The number of hydrogen-bond donors (Lipinski definition) is 1. The molecule has 0 saturated heterocycles. The highest BCUT2D eigenvalue weighted by Crippen LogP contribution is 2.37. The Balaban J connectivity index is 2.55. The number of hydrogen-bond acceptors (Lipinski definition) is 2. The minimum absolute atomic E-state index is 0.0888. The molecule has 0 aromatic heterocycles. The summed E-state index contributed by atoms with van der Waals surface area (Å²) in [5.41, 5.74) is -3.37. The van der Waals surface area contributed by atoms with Crippen molar-refractivity contribution in [3.63, 3.8) is 0 Å². The molecule has 5 heteroatoms. The summed E-state index contributed by atoms with van der Waals surface area (Å²) >= 11 is -0.0888. The van der Waals surface area contributed by atoms with E-state index in [2.05, 4.69) is 26.1 Å². The van der Waals surface area contributed by atoms with Crippen LogP contribution in [0.2, 0.25) is 0 Å². The van der Waals surface area contributed by atoms with Gasteiger partial charge in [-0.05, 0) is 55.3 Å². The van der Waals surface area contributed by atoms with Crippen molar-refractivity contribution in [1.29, 1.82) is 0 Å². The van der Waals surface area contributed by atoms with E-state index in [1.165, 1.54) is 12.1 Å². The zero-order chi connectivity index (χ0) is 13.8. The Labute approximate surface area is 110 Å². The first-order valence-electron chi connectivity index (χ1n) is 5.88. The molecule has 0 fully saturated rings. The van der Waals surface area contributed by atoms with Gasteiger partial charge in [-0.1, -0.05) is 13.8 Å². The van der Waals surface area contributed by atoms with Crippen LogP contribution >= 0.6 is 11.8 Å².